The van der Waals surface area contributed by atoms with Crippen molar-refractivity contribution in [1.82, 2.24) is 20.5 Å². The molecule has 0 aromatic carbocycles. The van der Waals surface area contributed by atoms with Gasteiger partial charge in [0.1, 0.15) is 0 Å². The van der Waals surface area contributed by atoms with Crippen LogP contribution < -0.4 is 10.6 Å². The Morgan fingerprint density at radius 2 is 1.89 bits per heavy atom. The number of likely N-dealkylation sites (N-methyl/N-ethyl adjacent to an activating group) is 1. The largest absolute Gasteiger partial charge is 0.357 e. The summed E-state index contributed by atoms with van der Waals surface area (Å²) in [6, 6.07) is 0. The number of carbonyl (C=O) groups is 1. The van der Waals surface area contributed by atoms with E-state index in [2.05, 4.69) is 41.8 Å². The van der Waals surface area contributed by atoms with Crippen molar-refractivity contribution in [1.29, 1.82) is 0 Å². The number of hydrogen-bond donors (Lipinski definition) is 2. The van der Waals surface area contributed by atoms with Crippen LogP contribution in [0.2, 0.25) is 0 Å². The fourth-order valence-electron chi connectivity index (χ4n) is 2.25. The summed E-state index contributed by atoms with van der Waals surface area (Å²) in [6.07, 6.45) is 0.803. The Hall–Kier alpha value is -0.900. The molecule has 1 heterocycles. The van der Waals surface area contributed by atoms with E-state index in [4.69, 9.17) is 4.98 Å². The predicted molar refractivity (Wildman–Crippen MR) is 126 cm³/mol. The van der Waals surface area contributed by atoms with Crippen LogP contribution in [-0.2, 0) is 16.6 Å². The summed E-state index contributed by atoms with van der Waals surface area (Å²) in [5.74, 6) is 0.726. The molecule has 1 aromatic rings. The van der Waals surface area contributed by atoms with Crippen molar-refractivity contribution < 1.29 is 4.79 Å². The second-order valence-electron chi connectivity index (χ2n) is 8.52. The number of hydrogen-bond acceptors (Lipinski definition) is 4. The van der Waals surface area contributed by atoms with Gasteiger partial charge in [0.15, 0.2) is 5.96 Å². The van der Waals surface area contributed by atoms with E-state index < -0.39 is 0 Å². The number of thiazole rings is 1. The van der Waals surface area contributed by atoms with Crippen LogP contribution in [0.4, 0.5) is 0 Å². The van der Waals surface area contributed by atoms with E-state index in [1.54, 1.807) is 11.3 Å². The predicted octanol–water partition coefficient (Wildman–Crippen LogP) is 3.41. The number of guanidine groups is 1. The summed E-state index contributed by atoms with van der Waals surface area (Å²) in [5, 5.41) is 9.45. The van der Waals surface area contributed by atoms with Gasteiger partial charge in [0.05, 0.1) is 17.2 Å². The number of nitrogens with one attached hydrogen (secondary N) is 2. The van der Waals surface area contributed by atoms with Crippen molar-refractivity contribution in [3.63, 3.8) is 0 Å². The van der Waals surface area contributed by atoms with Gasteiger partial charge in [-0.1, -0.05) is 20.8 Å². The Kier molecular flexibility index (Phi) is 10.8. The molecule has 0 aliphatic carbocycles. The summed E-state index contributed by atoms with van der Waals surface area (Å²) in [4.78, 5) is 23.3. The first kappa shape index (κ1) is 26.1. The molecule has 27 heavy (non-hydrogen) atoms. The van der Waals surface area contributed by atoms with Crippen LogP contribution in [0.15, 0.2) is 10.4 Å². The molecule has 0 fully saturated rings. The van der Waals surface area contributed by atoms with Crippen molar-refractivity contribution in [3.05, 3.63) is 16.1 Å². The molecular weight excluding hydrogens is 473 g/mol. The molecular formula is C19H36IN5OS. The van der Waals surface area contributed by atoms with Gasteiger partial charge in [0, 0.05) is 42.9 Å². The number of rotatable bonds is 6. The molecule has 0 unspecified atom stereocenters. The summed E-state index contributed by atoms with van der Waals surface area (Å²) in [5.41, 5.74) is 0.973. The fraction of sp³-hybridized carbons (Fsp3) is 0.737. The SMILES string of the molecule is CCNC(=NCCc1nc(C(C)(C)C)cs1)N(C)CC(=O)NC(C)(C)C.I. The lowest BCUT2D eigenvalue weighted by molar-refractivity contribution is -0.122. The molecule has 1 aromatic heterocycles. The zero-order valence-corrected chi connectivity index (χ0v) is 21.1. The molecule has 1 rings (SSSR count). The smallest absolute Gasteiger partial charge is 0.240 e. The molecule has 0 bridgehead atoms. The van der Waals surface area contributed by atoms with Gasteiger partial charge < -0.3 is 15.5 Å². The molecule has 156 valence electrons. The van der Waals surface area contributed by atoms with Gasteiger partial charge in [-0.2, -0.15) is 0 Å². The van der Waals surface area contributed by atoms with Crippen molar-refractivity contribution in [2.45, 2.75) is 65.8 Å². The number of aromatic nitrogens is 1. The maximum absolute atomic E-state index is 12.1. The van der Waals surface area contributed by atoms with Crippen LogP contribution in [0.3, 0.4) is 0 Å². The van der Waals surface area contributed by atoms with Gasteiger partial charge in [-0.25, -0.2) is 4.98 Å². The topological polar surface area (TPSA) is 69.6 Å². The Morgan fingerprint density at radius 1 is 1.26 bits per heavy atom. The zero-order valence-electron chi connectivity index (χ0n) is 18.0. The summed E-state index contributed by atoms with van der Waals surface area (Å²) in [6.45, 7) is 16.1. The van der Waals surface area contributed by atoms with Gasteiger partial charge >= 0.3 is 0 Å². The average Bonchev–Trinajstić information content (AvgIpc) is 2.93. The van der Waals surface area contributed by atoms with Gasteiger partial charge in [-0.15, -0.1) is 35.3 Å². The van der Waals surface area contributed by atoms with Crippen molar-refractivity contribution in [3.8, 4) is 0 Å². The lowest BCUT2D eigenvalue weighted by atomic mass is 9.93. The number of aliphatic imine (C=N–C) groups is 1. The average molecular weight is 510 g/mol. The Morgan fingerprint density at radius 3 is 2.37 bits per heavy atom. The van der Waals surface area contributed by atoms with E-state index in [1.807, 2.05) is 39.6 Å². The van der Waals surface area contributed by atoms with E-state index in [1.165, 1.54) is 0 Å². The summed E-state index contributed by atoms with van der Waals surface area (Å²) < 4.78 is 0. The van der Waals surface area contributed by atoms with E-state index >= 15 is 0 Å². The second-order valence-corrected chi connectivity index (χ2v) is 9.46. The molecule has 0 radical (unpaired) electrons. The lowest BCUT2D eigenvalue weighted by Gasteiger charge is -2.25. The molecule has 0 aliphatic rings. The maximum atomic E-state index is 12.1. The monoisotopic (exact) mass is 509 g/mol. The highest BCUT2D eigenvalue weighted by Crippen LogP contribution is 2.24. The number of nitrogens with zero attached hydrogens (tertiary/aromatic N) is 3. The van der Waals surface area contributed by atoms with Crippen LogP contribution in [0.25, 0.3) is 0 Å². The molecule has 6 nitrogen and oxygen atoms in total. The number of amides is 1. The van der Waals surface area contributed by atoms with E-state index in [-0.39, 0.29) is 47.4 Å². The zero-order chi connectivity index (χ0) is 20.0. The highest BCUT2D eigenvalue weighted by atomic mass is 127. The highest BCUT2D eigenvalue weighted by molar-refractivity contribution is 14.0. The van der Waals surface area contributed by atoms with Crippen LogP contribution in [0.5, 0.6) is 0 Å². The second kappa shape index (κ2) is 11.2. The minimum atomic E-state index is -0.233. The fourth-order valence-corrected chi connectivity index (χ4v) is 3.26. The first-order valence-electron chi connectivity index (χ1n) is 9.17. The van der Waals surface area contributed by atoms with E-state index in [9.17, 15) is 4.79 Å². The van der Waals surface area contributed by atoms with Crippen molar-refractivity contribution in [2.24, 2.45) is 4.99 Å². The third-order valence-electron chi connectivity index (χ3n) is 3.50. The maximum Gasteiger partial charge on any atom is 0.240 e. The first-order valence-corrected chi connectivity index (χ1v) is 10.1. The van der Waals surface area contributed by atoms with Gasteiger partial charge in [-0.3, -0.25) is 9.79 Å². The Bertz CT molecular complexity index is 616. The highest BCUT2D eigenvalue weighted by Gasteiger charge is 2.18. The van der Waals surface area contributed by atoms with E-state index in [0.717, 1.165) is 29.6 Å². The molecule has 0 aliphatic heterocycles. The van der Waals surface area contributed by atoms with Crippen LogP contribution in [0, 0.1) is 0 Å². The summed E-state index contributed by atoms with van der Waals surface area (Å²) in [7, 11) is 1.88. The van der Waals surface area contributed by atoms with Crippen molar-refractivity contribution >= 4 is 47.2 Å². The lowest BCUT2D eigenvalue weighted by Crippen LogP contribution is -2.48. The normalized spacial score (nSPS) is 12.4. The first-order chi connectivity index (χ1) is 11.9. The van der Waals surface area contributed by atoms with Gasteiger partial charge in [-0.05, 0) is 27.7 Å². The standard InChI is InChI=1S/C19H35N5OS.HI/c1-9-20-17(24(8)12-15(25)23-19(5,6)7)21-11-10-16-22-14(13-26-16)18(2,3)4;/h13H,9-12H2,1-8H3,(H,20,21)(H,23,25);1H. The molecule has 0 atom stereocenters. The number of halogens is 1. The molecule has 0 spiro atoms. The Balaban J connectivity index is 0.00000676. The van der Waals surface area contributed by atoms with E-state index in [0.29, 0.717) is 6.54 Å². The minimum Gasteiger partial charge on any atom is -0.357 e. The Labute approximate surface area is 185 Å². The van der Waals surface area contributed by atoms with Crippen LogP contribution in [0.1, 0.15) is 59.2 Å². The summed E-state index contributed by atoms with van der Waals surface area (Å²) >= 11 is 1.69. The molecule has 0 saturated heterocycles. The van der Waals surface area contributed by atoms with Crippen molar-refractivity contribution in [2.75, 3.05) is 26.7 Å². The molecule has 8 heteroatoms. The van der Waals surface area contributed by atoms with Crippen LogP contribution in [-0.4, -0.2) is 54.0 Å². The quantitative estimate of drug-likeness (QED) is 0.351. The third-order valence-corrected chi connectivity index (χ3v) is 4.41. The van der Waals surface area contributed by atoms with Crippen LogP contribution >= 0.6 is 35.3 Å². The third kappa shape index (κ3) is 10.3. The minimum absolute atomic E-state index is 0. The number of carbonyl (C=O) groups excluding carboxylic acids is 1. The van der Waals surface area contributed by atoms with Gasteiger partial charge in [0.2, 0.25) is 5.91 Å². The van der Waals surface area contributed by atoms with Gasteiger partial charge in [0.25, 0.3) is 0 Å². The molecule has 1 amide bonds. The molecule has 2 N–H and O–H groups in total. The molecule has 0 saturated carbocycles.